The molecule has 2 aromatic rings. The predicted octanol–water partition coefficient (Wildman–Crippen LogP) is 5.55. The second-order valence-corrected chi connectivity index (χ2v) is 12.9. The number of sulfonamides is 1. The van der Waals surface area contributed by atoms with Gasteiger partial charge in [0.2, 0.25) is 10.0 Å². The normalized spacial score (nSPS) is 21.0. The van der Waals surface area contributed by atoms with Crippen molar-refractivity contribution < 1.29 is 33.2 Å². The van der Waals surface area contributed by atoms with Gasteiger partial charge >= 0.3 is 0 Å². The Balaban J connectivity index is 0.00000148. The monoisotopic (exact) mass is 627 g/mol. The van der Waals surface area contributed by atoms with Crippen molar-refractivity contribution in [2.75, 3.05) is 26.9 Å². The van der Waals surface area contributed by atoms with Crippen molar-refractivity contribution in [2.24, 2.45) is 0 Å². The highest BCUT2D eigenvalue weighted by molar-refractivity contribution is 7.90. The van der Waals surface area contributed by atoms with Crippen molar-refractivity contribution in [3.8, 4) is 5.75 Å². The first-order valence-corrected chi connectivity index (χ1v) is 17.1. The van der Waals surface area contributed by atoms with E-state index in [1.54, 1.807) is 0 Å². The summed E-state index contributed by atoms with van der Waals surface area (Å²) in [6.07, 6.45) is 6.66. The van der Waals surface area contributed by atoms with Gasteiger partial charge in [-0.25, -0.2) is 13.1 Å². The molecule has 42 heavy (non-hydrogen) atoms. The molecule has 4 N–H and O–H groups in total. The Kier molecular flexibility index (Phi) is 17.0. The Morgan fingerprint density at radius 2 is 1.69 bits per heavy atom. The van der Waals surface area contributed by atoms with Crippen LogP contribution in [-0.2, 0) is 21.2 Å². The fraction of sp³-hybridized carbons (Fsp3) is 0.625. The fourth-order valence-corrected chi connectivity index (χ4v) is 7.10. The Hall–Kier alpha value is -1.72. The molecule has 8 nitrogen and oxygen atoms in total. The van der Waals surface area contributed by atoms with Gasteiger partial charge in [-0.2, -0.15) is 0 Å². The van der Waals surface area contributed by atoms with Crippen LogP contribution in [0.4, 0.5) is 0 Å². The molecule has 0 amide bonds. The zero-order valence-electron chi connectivity index (χ0n) is 25.3. The highest BCUT2D eigenvalue weighted by atomic mass is 35.5. The number of rotatable bonds is 12. The van der Waals surface area contributed by atoms with Crippen LogP contribution in [0, 0.1) is 0 Å². The average Bonchev–Trinajstić information content (AvgIpc) is 3.02. The van der Waals surface area contributed by atoms with E-state index in [1.807, 2.05) is 56.3 Å². The first-order valence-electron chi connectivity index (χ1n) is 15.2. The first kappa shape index (κ1) is 36.5. The third-order valence-electron chi connectivity index (χ3n) is 7.48. The van der Waals surface area contributed by atoms with E-state index in [2.05, 4.69) is 4.72 Å². The van der Waals surface area contributed by atoms with E-state index in [1.165, 1.54) is 0 Å². The number of ether oxygens (including phenoxy) is 2. The van der Waals surface area contributed by atoms with Crippen molar-refractivity contribution in [3.05, 3.63) is 64.2 Å². The molecule has 0 radical (unpaired) electrons. The molecule has 2 aliphatic rings. The number of unbranched alkanes of at least 4 members (excludes halogenated alkanes) is 1. The summed E-state index contributed by atoms with van der Waals surface area (Å²) in [5.74, 6) is 0.774. The third-order valence-corrected chi connectivity index (χ3v) is 9.80. The number of halogens is 1. The Bertz CT molecular complexity index is 1120. The van der Waals surface area contributed by atoms with Crippen LogP contribution in [0.1, 0.15) is 94.4 Å². The summed E-state index contributed by atoms with van der Waals surface area (Å²) in [5, 5.41) is 27.1. The van der Waals surface area contributed by atoms with Gasteiger partial charge in [-0.1, -0.05) is 69.0 Å². The van der Waals surface area contributed by atoms with Crippen LogP contribution in [0.5, 0.6) is 5.75 Å². The molecule has 3 atom stereocenters. The van der Waals surface area contributed by atoms with Gasteiger partial charge < -0.3 is 24.8 Å². The van der Waals surface area contributed by atoms with Crippen molar-refractivity contribution in [1.29, 1.82) is 0 Å². The number of aliphatic hydroxyl groups is 3. The van der Waals surface area contributed by atoms with Gasteiger partial charge in [-0.05, 0) is 67.0 Å². The van der Waals surface area contributed by atoms with Crippen molar-refractivity contribution in [1.82, 2.24) is 4.72 Å². The molecule has 4 rings (SSSR count). The fourth-order valence-electron chi connectivity index (χ4n) is 5.30. The van der Waals surface area contributed by atoms with Gasteiger partial charge in [0.05, 0.1) is 36.8 Å². The molecule has 1 heterocycles. The second kappa shape index (κ2) is 19.5. The summed E-state index contributed by atoms with van der Waals surface area (Å²) >= 11 is 6.49. The number of benzene rings is 2. The van der Waals surface area contributed by atoms with E-state index in [0.29, 0.717) is 37.4 Å². The first-order chi connectivity index (χ1) is 20.3. The molecule has 1 saturated carbocycles. The third kappa shape index (κ3) is 11.8. The average molecular weight is 628 g/mol. The van der Waals surface area contributed by atoms with Crippen LogP contribution in [-0.4, -0.2) is 68.1 Å². The van der Waals surface area contributed by atoms with E-state index < -0.39 is 16.1 Å². The standard InChI is InChI=1S/C29H40ClNO6S.C2H6.CH4O/c30-28-13-10-22(29-19-24(33)18-26(20-32)37-29)17-23(28)16-21-8-11-25(12-9-21)36-15-5-4-14-31-38(34,35)27-6-2-1-3-7-27;2*1-2/h8-13,17,24,26-27,29,31-33H,1-7,14-16,18-20H2;1-2H3;2H,1H3. The molecular weight excluding hydrogens is 578 g/mol. The highest BCUT2D eigenvalue weighted by Gasteiger charge is 2.29. The van der Waals surface area contributed by atoms with Crippen LogP contribution in [0.3, 0.4) is 0 Å². The molecule has 10 heteroatoms. The highest BCUT2D eigenvalue weighted by Crippen LogP contribution is 2.34. The van der Waals surface area contributed by atoms with E-state index in [-0.39, 0.29) is 24.1 Å². The number of aliphatic hydroxyl groups excluding tert-OH is 3. The lowest BCUT2D eigenvalue weighted by Crippen LogP contribution is -2.36. The molecule has 1 saturated heterocycles. The van der Waals surface area contributed by atoms with E-state index >= 15 is 0 Å². The molecule has 238 valence electrons. The molecule has 2 aromatic carbocycles. The maximum atomic E-state index is 12.4. The van der Waals surface area contributed by atoms with Gasteiger partial charge in [0.15, 0.2) is 0 Å². The van der Waals surface area contributed by atoms with Gasteiger partial charge in [0.25, 0.3) is 0 Å². The van der Waals surface area contributed by atoms with Crippen molar-refractivity contribution in [3.63, 3.8) is 0 Å². The summed E-state index contributed by atoms with van der Waals surface area (Å²) in [5.41, 5.74) is 3.01. The number of nitrogens with one attached hydrogen (secondary N) is 1. The molecule has 1 aliphatic carbocycles. The Labute approximate surface area is 257 Å². The lowest BCUT2D eigenvalue weighted by Gasteiger charge is -2.32. The second-order valence-electron chi connectivity index (χ2n) is 10.5. The maximum absolute atomic E-state index is 12.4. The lowest BCUT2D eigenvalue weighted by molar-refractivity contribution is -0.113. The minimum Gasteiger partial charge on any atom is -0.494 e. The van der Waals surface area contributed by atoms with Crippen LogP contribution < -0.4 is 9.46 Å². The van der Waals surface area contributed by atoms with Crippen molar-refractivity contribution >= 4 is 21.6 Å². The number of hydrogen-bond acceptors (Lipinski definition) is 7. The molecule has 1 aliphatic heterocycles. The van der Waals surface area contributed by atoms with Crippen LogP contribution in [0.25, 0.3) is 0 Å². The minimum atomic E-state index is -3.20. The van der Waals surface area contributed by atoms with E-state index in [9.17, 15) is 18.6 Å². The zero-order chi connectivity index (χ0) is 31.0. The molecular formula is C32H50ClNO7S. The summed E-state index contributed by atoms with van der Waals surface area (Å²) in [7, 11) is -2.20. The van der Waals surface area contributed by atoms with Crippen LogP contribution in [0.15, 0.2) is 42.5 Å². The van der Waals surface area contributed by atoms with E-state index in [0.717, 1.165) is 74.5 Å². The van der Waals surface area contributed by atoms with Gasteiger partial charge in [-0.15, -0.1) is 0 Å². The Morgan fingerprint density at radius 1 is 1.00 bits per heavy atom. The molecule has 0 spiro atoms. The minimum absolute atomic E-state index is 0.109. The van der Waals surface area contributed by atoms with Crippen molar-refractivity contribution in [2.45, 2.75) is 102 Å². The lowest BCUT2D eigenvalue weighted by atomic mass is 9.94. The van der Waals surface area contributed by atoms with Gasteiger partial charge in [0.1, 0.15) is 5.75 Å². The smallest absolute Gasteiger partial charge is 0.214 e. The Morgan fingerprint density at radius 3 is 2.36 bits per heavy atom. The summed E-state index contributed by atoms with van der Waals surface area (Å²) < 4.78 is 39.3. The van der Waals surface area contributed by atoms with E-state index in [4.69, 9.17) is 26.2 Å². The largest absolute Gasteiger partial charge is 0.494 e. The molecule has 0 aromatic heterocycles. The zero-order valence-corrected chi connectivity index (χ0v) is 26.9. The predicted molar refractivity (Wildman–Crippen MR) is 169 cm³/mol. The summed E-state index contributed by atoms with van der Waals surface area (Å²) in [4.78, 5) is 0. The molecule has 3 unspecified atom stereocenters. The summed E-state index contributed by atoms with van der Waals surface area (Å²) in [6, 6.07) is 13.7. The van der Waals surface area contributed by atoms with Crippen LogP contribution in [0.2, 0.25) is 5.02 Å². The van der Waals surface area contributed by atoms with Gasteiger partial charge in [-0.3, -0.25) is 0 Å². The molecule has 0 bridgehead atoms. The van der Waals surface area contributed by atoms with Crippen LogP contribution >= 0.6 is 11.6 Å². The quantitative estimate of drug-likeness (QED) is 0.227. The number of hydrogen-bond donors (Lipinski definition) is 4. The molecule has 2 fully saturated rings. The summed E-state index contributed by atoms with van der Waals surface area (Å²) in [6.45, 7) is 4.87. The maximum Gasteiger partial charge on any atom is 0.214 e. The SMILES string of the molecule is CC.CO.O=S(=O)(NCCCCOc1ccc(Cc2cc(C3CC(O)CC(CO)O3)ccc2Cl)cc1)C1CCCCC1. The topological polar surface area (TPSA) is 125 Å². The van der Waals surface area contributed by atoms with Gasteiger partial charge in [0, 0.05) is 31.5 Å².